The average Bonchev–Trinajstić information content (AvgIpc) is 2.73. The van der Waals surface area contributed by atoms with Gasteiger partial charge in [-0.1, -0.05) is 6.07 Å². The maximum atomic E-state index is 12.8. The summed E-state index contributed by atoms with van der Waals surface area (Å²) in [6.07, 6.45) is 6.97. The molecule has 1 fully saturated rings. The zero-order valence-electron chi connectivity index (χ0n) is 14.2. The van der Waals surface area contributed by atoms with E-state index in [0.29, 0.717) is 6.04 Å². The van der Waals surface area contributed by atoms with E-state index in [1.165, 1.54) is 0 Å². The number of hydrogen-bond acceptors (Lipinski definition) is 5. The number of carbonyl (C=O) groups is 1. The predicted molar refractivity (Wildman–Crippen MR) is 92.0 cm³/mol. The lowest BCUT2D eigenvalue weighted by Gasteiger charge is -2.41. The second-order valence-electron chi connectivity index (χ2n) is 7.22. The SMILES string of the molecule is Cc1ccc(N[C@H]2C[C@@H](N3C(=O)C(C)(C)c4nccnc43)C2)nc1. The second kappa shape index (κ2) is 5.26. The van der Waals surface area contributed by atoms with Crippen LogP contribution in [0, 0.1) is 6.92 Å². The largest absolute Gasteiger partial charge is 0.367 e. The zero-order chi connectivity index (χ0) is 16.9. The summed E-state index contributed by atoms with van der Waals surface area (Å²) in [6.45, 7) is 5.87. The molecular weight excluding hydrogens is 302 g/mol. The lowest BCUT2D eigenvalue weighted by Crippen LogP contribution is -2.53. The molecular formula is C18H21N5O. The van der Waals surface area contributed by atoms with Crippen molar-refractivity contribution in [3.05, 3.63) is 42.0 Å². The van der Waals surface area contributed by atoms with E-state index in [-0.39, 0.29) is 11.9 Å². The summed E-state index contributed by atoms with van der Waals surface area (Å²) in [6, 6.07) is 4.55. The van der Waals surface area contributed by atoms with E-state index in [1.54, 1.807) is 12.4 Å². The molecule has 0 saturated heterocycles. The Hall–Kier alpha value is -2.50. The average molecular weight is 323 g/mol. The van der Waals surface area contributed by atoms with Gasteiger partial charge < -0.3 is 5.32 Å². The number of rotatable bonds is 3. The molecule has 0 unspecified atom stereocenters. The van der Waals surface area contributed by atoms with Crippen molar-refractivity contribution in [2.75, 3.05) is 10.2 Å². The van der Waals surface area contributed by atoms with Crippen molar-refractivity contribution in [3.63, 3.8) is 0 Å². The summed E-state index contributed by atoms with van der Waals surface area (Å²) in [5.74, 6) is 1.71. The maximum Gasteiger partial charge on any atom is 0.240 e. The van der Waals surface area contributed by atoms with Gasteiger partial charge in [-0.3, -0.25) is 14.7 Å². The van der Waals surface area contributed by atoms with E-state index in [2.05, 4.69) is 20.3 Å². The van der Waals surface area contributed by atoms with Gasteiger partial charge in [-0.05, 0) is 45.2 Å². The molecule has 2 aliphatic rings. The summed E-state index contributed by atoms with van der Waals surface area (Å²) < 4.78 is 0. The molecule has 0 spiro atoms. The minimum atomic E-state index is -0.597. The molecule has 4 rings (SSSR count). The number of hydrogen-bond donors (Lipinski definition) is 1. The molecule has 1 N–H and O–H groups in total. The third-order valence-corrected chi connectivity index (χ3v) is 4.99. The fourth-order valence-electron chi connectivity index (χ4n) is 3.46. The topological polar surface area (TPSA) is 71.0 Å². The molecule has 2 aromatic heterocycles. The molecule has 0 radical (unpaired) electrons. The van der Waals surface area contributed by atoms with Gasteiger partial charge in [0.25, 0.3) is 0 Å². The highest BCUT2D eigenvalue weighted by Crippen LogP contribution is 2.43. The van der Waals surface area contributed by atoms with E-state index < -0.39 is 5.41 Å². The van der Waals surface area contributed by atoms with Crippen molar-refractivity contribution < 1.29 is 4.79 Å². The van der Waals surface area contributed by atoms with Gasteiger partial charge in [-0.2, -0.15) is 0 Å². The minimum Gasteiger partial charge on any atom is -0.367 e. The Kier molecular flexibility index (Phi) is 3.30. The fourth-order valence-corrected chi connectivity index (χ4v) is 3.46. The lowest BCUT2D eigenvalue weighted by molar-refractivity contribution is -0.123. The highest BCUT2D eigenvalue weighted by atomic mass is 16.2. The summed E-state index contributed by atoms with van der Waals surface area (Å²) in [5.41, 5.74) is 1.33. The van der Waals surface area contributed by atoms with Gasteiger partial charge in [0.1, 0.15) is 5.82 Å². The monoisotopic (exact) mass is 323 g/mol. The maximum absolute atomic E-state index is 12.8. The van der Waals surface area contributed by atoms with Crippen molar-refractivity contribution in [3.8, 4) is 0 Å². The van der Waals surface area contributed by atoms with Crippen LogP contribution in [0.15, 0.2) is 30.7 Å². The quantitative estimate of drug-likeness (QED) is 0.939. The third kappa shape index (κ3) is 2.25. The Bertz CT molecular complexity index is 780. The van der Waals surface area contributed by atoms with Crippen molar-refractivity contribution in [1.29, 1.82) is 0 Å². The standard InChI is InChI=1S/C18H21N5O/c1-11-4-5-14(21-10-11)22-12-8-13(9-12)23-16-15(19-6-7-20-16)18(2,3)17(23)24/h4-7,10,12-13H,8-9H2,1-3H3,(H,21,22)/t12-,13+. The first-order valence-electron chi connectivity index (χ1n) is 8.31. The number of aromatic nitrogens is 3. The van der Waals surface area contributed by atoms with Crippen LogP contribution in [0.3, 0.4) is 0 Å². The Labute approximate surface area is 141 Å². The van der Waals surface area contributed by atoms with Gasteiger partial charge in [0.2, 0.25) is 5.91 Å². The third-order valence-electron chi connectivity index (χ3n) is 4.99. The van der Waals surface area contributed by atoms with Crippen LogP contribution in [0.25, 0.3) is 0 Å². The first-order valence-corrected chi connectivity index (χ1v) is 8.31. The molecule has 124 valence electrons. The van der Waals surface area contributed by atoms with Gasteiger partial charge in [0.05, 0.1) is 11.1 Å². The van der Waals surface area contributed by atoms with E-state index in [9.17, 15) is 4.79 Å². The first kappa shape index (κ1) is 15.1. The highest BCUT2D eigenvalue weighted by Gasteiger charge is 2.51. The first-order chi connectivity index (χ1) is 11.5. The molecule has 0 bridgehead atoms. The van der Waals surface area contributed by atoms with Gasteiger partial charge in [0, 0.05) is 30.7 Å². The normalized spacial score (nSPS) is 24.5. The number of nitrogens with one attached hydrogen (secondary N) is 1. The van der Waals surface area contributed by atoms with Crippen LogP contribution >= 0.6 is 0 Å². The van der Waals surface area contributed by atoms with Crippen LogP contribution in [0.5, 0.6) is 0 Å². The van der Waals surface area contributed by atoms with Crippen LogP contribution in [0.1, 0.15) is 37.9 Å². The van der Waals surface area contributed by atoms with E-state index >= 15 is 0 Å². The molecule has 6 nitrogen and oxygen atoms in total. The molecule has 24 heavy (non-hydrogen) atoms. The molecule has 2 aromatic rings. The minimum absolute atomic E-state index is 0.0978. The van der Waals surface area contributed by atoms with Crippen LogP contribution in [-0.2, 0) is 10.2 Å². The summed E-state index contributed by atoms with van der Waals surface area (Å²) in [4.78, 5) is 27.9. The Morgan fingerprint density at radius 3 is 2.62 bits per heavy atom. The molecule has 3 heterocycles. The van der Waals surface area contributed by atoms with Crippen LogP contribution in [0.4, 0.5) is 11.6 Å². The number of anilines is 2. The predicted octanol–water partition coefficient (Wildman–Crippen LogP) is 2.45. The van der Waals surface area contributed by atoms with Gasteiger partial charge >= 0.3 is 0 Å². The Morgan fingerprint density at radius 2 is 1.92 bits per heavy atom. The summed E-state index contributed by atoms with van der Waals surface area (Å²) >= 11 is 0. The molecule has 6 heteroatoms. The van der Waals surface area contributed by atoms with Crippen LogP contribution < -0.4 is 10.2 Å². The Morgan fingerprint density at radius 1 is 1.17 bits per heavy atom. The van der Waals surface area contributed by atoms with Gasteiger partial charge in [0.15, 0.2) is 5.82 Å². The van der Waals surface area contributed by atoms with Crippen LogP contribution in [0.2, 0.25) is 0 Å². The molecule has 1 amide bonds. The fraction of sp³-hybridized carbons (Fsp3) is 0.444. The Balaban J connectivity index is 1.47. The van der Waals surface area contributed by atoms with Gasteiger partial charge in [-0.15, -0.1) is 0 Å². The smallest absolute Gasteiger partial charge is 0.240 e. The number of fused-ring (bicyclic) bond motifs is 1. The number of carbonyl (C=O) groups excluding carboxylic acids is 1. The second-order valence-corrected chi connectivity index (χ2v) is 7.22. The van der Waals surface area contributed by atoms with E-state index in [4.69, 9.17) is 0 Å². The zero-order valence-corrected chi connectivity index (χ0v) is 14.2. The van der Waals surface area contributed by atoms with Gasteiger partial charge in [-0.25, -0.2) is 9.97 Å². The van der Waals surface area contributed by atoms with E-state index in [0.717, 1.165) is 35.7 Å². The molecule has 0 atom stereocenters. The number of aryl methyl sites for hydroxylation is 1. The number of amides is 1. The molecule has 1 aliphatic carbocycles. The van der Waals surface area contributed by atoms with Crippen molar-refractivity contribution >= 4 is 17.5 Å². The van der Waals surface area contributed by atoms with E-state index in [1.807, 2.05) is 44.0 Å². The molecule has 0 aromatic carbocycles. The summed E-state index contributed by atoms with van der Waals surface area (Å²) in [7, 11) is 0. The lowest BCUT2D eigenvalue weighted by atomic mass is 9.84. The van der Waals surface area contributed by atoms with Crippen molar-refractivity contribution in [2.45, 2.75) is 51.1 Å². The highest BCUT2D eigenvalue weighted by molar-refractivity contribution is 6.06. The van der Waals surface area contributed by atoms with Crippen molar-refractivity contribution in [1.82, 2.24) is 15.0 Å². The number of nitrogens with zero attached hydrogens (tertiary/aromatic N) is 4. The molecule has 1 saturated carbocycles. The van der Waals surface area contributed by atoms with Crippen molar-refractivity contribution in [2.24, 2.45) is 0 Å². The molecule has 1 aliphatic heterocycles. The number of pyridine rings is 1. The van der Waals surface area contributed by atoms with Crippen LogP contribution in [-0.4, -0.2) is 32.9 Å². The summed E-state index contributed by atoms with van der Waals surface area (Å²) in [5, 5.41) is 3.43.